The molecule has 2 heterocycles. The number of rotatable bonds is 7. The fourth-order valence-corrected chi connectivity index (χ4v) is 2.63. The fraction of sp³-hybridized carbons (Fsp3) is 0.667. The third kappa shape index (κ3) is 4.07. The van der Waals surface area contributed by atoms with Crippen LogP contribution in [0.3, 0.4) is 0 Å². The van der Waals surface area contributed by atoms with Gasteiger partial charge in [-0.25, -0.2) is 4.98 Å². The summed E-state index contributed by atoms with van der Waals surface area (Å²) in [4.78, 5) is 20.5. The summed E-state index contributed by atoms with van der Waals surface area (Å²) in [5.41, 5.74) is 5.91. The molecular weight excluding hydrogens is 282 g/mol. The number of nitrogens with zero attached hydrogens (tertiary/aromatic N) is 2. The molecule has 22 heavy (non-hydrogen) atoms. The molecule has 122 valence electrons. The van der Waals surface area contributed by atoms with Crippen LogP contribution in [0.5, 0.6) is 5.88 Å². The van der Waals surface area contributed by atoms with Crippen LogP contribution in [0.1, 0.15) is 49.9 Å². The zero-order valence-corrected chi connectivity index (χ0v) is 13.3. The van der Waals surface area contributed by atoms with E-state index in [0.717, 1.165) is 32.2 Å². The molecule has 0 aliphatic carbocycles. The van der Waals surface area contributed by atoms with Gasteiger partial charge in [-0.15, -0.1) is 0 Å². The zero-order valence-electron chi connectivity index (χ0n) is 13.3. The van der Waals surface area contributed by atoms with E-state index < -0.39 is 0 Å². The van der Waals surface area contributed by atoms with E-state index in [1.54, 1.807) is 0 Å². The van der Waals surface area contributed by atoms with Crippen molar-refractivity contribution in [3.8, 4) is 5.88 Å². The molecule has 0 saturated carbocycles. The van der Waals surface area contributed by atoms with E-state index in [2.05, 4.69) is 27.5 Å². The van der Waals surface area contributed by atoms with E-state index in [1.807, 2.05) is 6.92 Å². The van der Waals surface area contributed by atoms with Crippen LogP contribution in [-0.2, 0) is 0 Å². The molecule has 0 bridgehead atoms. The summed E-state index contributed by atoms with van der Waals surface area (Å²) in [6, 6.07) is 0.412. The van der Waals surface area contributed by atoms with Crippen molar-refractivity contribution in [2.45, 2.75) is 51.6 Å². The molecule has 7 heteroatoms. The van der Waals surface area contributed by atoms with E-state index in [4.69, 9.17) is 10.5 Å². The lowest BCUT2D eigenvalue weighted by Gasteiger charge is -2.24. The number of carbonyl (C=O) groups excluding carboxylic acids is 1. The first-order valence-corrected chi connectivity index (χ1v) is 7.95. The Kier molecular flexibility index (Phi) is 5.94. The molecule has 0 spiro atoms. The normalized spacial score (nSPS) is 18.9. The van der Waals surface area contributed by atoms with Gasteiger partial charge in [0.15, 0.2) is 0 Å². The van der Waals surface area contributed by atoms with Gasteiger partial charge < -0.3 is 21.1 Å². The Morgan fingerprint density at radius 1 is 1.59 bits per heavy atom. The molecule has 1 fully saturated rings. The summed E-state index contributed by atoms with van der Waals surface area (Å²) in [6.07, 6.45) is 5.35. The summed E-state index contributed by atoms with van der Waals surface area (Å²) in [5, 5.41) is 6.48. The Morgan fingerprint density at radius 2 is 2.41 bits per heavy atom. The largest absolute Gasteiger partial charge is 0.477 e. The standard InChI is InChI=1S/C15H25N5O2/c1-3-8-22-14-10(9-18-15(16)20-14)13(21)19-11(4-2)12-6-5-7-17-12/h9,11-12,17H,3-8H2,1-2H3,(H,19,21)(H2,16,18,20). The van der Waals surface area contributed by atoms with Crippen LogP contribution in [-0.4, -0.2) is 41.1 Å². The maximum Gasteiger partial charge on any atom is 0.258 e. The number of nitrogen functional groups attached to an aromatic ring is 1. The molecule has 1 aromatic heterocycles. The highest BCUT2D eigenvalue weighted by atomic mass is 16.5. The number of anilines is 1. The lowest BCUT2D eigenvalue weighted by Crippen LogP contribution is -2.47. The van der Waals surface area contributed by atoms with Gasteiger partial charge in [0.1, 0.15) is 5.56 Å². The molecular formula is C15H25N5O2. The van der Waals surface area contributed by atoms with Gasteiger partial charge in [-0.2, -0.15) is 4.98 Å². The number of hydrogen-bond acceptors (Lipinski definition) is 6. The molecule has 7 nitrogen and oxygen atoms in total. The van der Waals surface area contributed by atoms with Crippen molar-refractivity contribution in [3.05, 3.63) is 11.8 Å². The molecule has 2 unspecified atom stereocenters. The minimum atomic E-state index is -0.216. The third-order valence-corrected chi connectivity index (χ3v) is 3.80. The van der Waals surface area contributed by atoms with E-state index in [9.17, 15) is 4.79 Å². The number of nitrogens with one attached hydrogen (secondary N) is 2. The van der Waals surface area contributed by atoms with Gasteiger partial charge in [0, 0.05) is 18.3 Å². The van der Waals surface area contributed by atoms with Crippen molar-refractivity contribution in [3.63, 3.8) is 0 Å². The highest BCUT2D eigenvalue weighted by Crippen LogP contribution is 2.18. The van der Waals surface area contributed by atoms with Gasteiger partial charge >= 0.3 is 0 Å². The maximum atomic E-state index is 12.5. The number of nitrogens with two attached hydrogens (primary N) is 1. The van der Waals surface area contributed by atoms with Gasteiger partial charge in [-0.05, 0) is 32.2 Å². The molecule has 4 N–H and O–H groups in total. The number of aromatic nitrogens is 2. The number of carbonyl (C=O) groups is 1. The zero-order chi connectivity index (χ0) is 15.9. The van der Waals surface area contributed by atoms with Crippen LogP contribution < -0.4 is 21.1 Å². The maximum absolute atomic E-state index is 12.5. The summed E-state index contributed by atoms with van der Waals surface area (Å²) in [6.45, 7) is 5.55. The monoisotopic (exact) mass is 307 g/mol. The van der Waals surface area contributed by atoms with Crippen LogP contribution in [0.25, 0.3) is 0 Å². The van der Waals surface area contributed by atoms with Crippen LogP contribution >= 0.6 is 0 Å². The highest BCUT2D eigenvalue weighted by molar-refractivity contribution is 5.96. The van der Waals surface area contributed by atoms with Crippen LogP contribution in [0.15, 0.2) is 6.20 Å². The molecule has 1 aliphatic heterocycles. The topological polar surface area (TPSA) is 102 Å². The molecule has 2 rings (SSSR count). The Labute approximate surface area is 131 Å². The van der Waals surface area contributed by atoms with E-state index in [1.165, 1.54) is 6.20 Å². The Balaban J connectivity index is 2.10. The number of hydrogen-bond donors (Lipinski definition) is 3. The SMILES string of the molecule is CCCOc1nc(N)ncc1C(=O)NC(CC)C1CCCN1. The second-order valence-corrected chi connectivity index (χ2v) is 5.49. The van der Waals surface area contributed by atoms with Crippen molar-refractivity contribution in [1.29, 1.82) is 0 Å². The Hall–Kier alpha value is -1.89. The quantitative estimate of drug-likeness (QED) is 0.697. The summed E-state index contributed by atoms with van der Waals surface area (Å²) >= 11 is 0. The average Bonchev–Trinajstić information content (AvgIpc) is 3.04. The summed E-state index contributed by atoms with van der Waals surface area (Å²) in [7, 11) is 0. The molecule has 2 atom stereocenters. The van der Waals surface area contributed by atoms with Crippen LogP contribution in [0, 0.1) is 0 Å². The summed E-state index contributed by atoms with van der Waals surface area (Å²) in [5.74, 6) is 0.139. The predicted octanol–water partition coefficient (Wildman–Crippen LogP) is 1.11. The second-order valence-electron chi connectivity index (χ2n) is 5.49. The first-order chi connectivity index (χ1) is 10.7. The van der Waals surface area contributed by atoms with E-state index >= 15 is 0 Å². The smallest absolute Gasteiger partial charge is 0.258 e. The van der Waals surface area contributed by atoms with Crippen molar-refractivity contribution in [1.82, 2.24) is 20.6 Å². The number of ether oxygens (including phenoxy) is 1. The van der Waals surface area contributed by atoms with E-state index in [-0.39, 0.29) is 23.8 Å². The van der Waals surface area contributed by atoms with Crippen molar-refractivity contribution < 1.29 is 9.53 Å². The number of amides is 1. The lowest BCUT2D eigenvalue weighted by atomic mass is 10.0. The lowest BCUT2D eigenvalue weighted by molar-refractivity contribution is 0.0922. The fourth-order valence-electron chi connectivity index (χ4n) is 2.63. The van der Waals surface area contributed by atoms with Crippen molar-refractivity contribution in [2.75, 3.05) is 18.9 Å². The summed E-state index contributed by atoms with van der Waals surface area (Å²) < 4.78 is 5.52. The predicted molar refractivity (Wildman–Crippen MR) is 84.8 cm³/mol. The van der Waals surface area contributed by atoms with Gasteiger partial charge in [0.05, 0.1) is 6.61 Å². The van der Waals surface area contributed by atoms with Gasteiger partial charge in [0.25, 0.3) is 5.91 Å². The first kappa shape index (κ1) is 16.5. The molecule has 1 aromatic rings. The van der Waals surface area contributed by atoms with Crippen molar-refractivity contribution in [2.24, 2.45) is 0 Å². The average molecular weight is 307 g/mol. The second kappa shape index (κ2) is 7.93. The molecule has 1 saturated heterocycles. The van der Waals surface area contributed by atoms with Gasteiger partial charge in [-0.1, -0.05) is 13.8 Å². The first-order valence-electron chi connectivity index (χ1n) is 7.95. The van der Waals surface area contributed by atoms with Crippen LogP contribution in [0.4, 0.5) is 5.95 Å². The molecule has 1 aliphatic rings. The third-order valence-electron chi connectivity index (χ3n) is 3.80. The Bertz CT molecular complexity index is 503. The molecule has 0 aromatic carbocycles. The highest BCUT2D eigenvalue weighted by Gasteiger charge is 2.26. The Morgan fingerprint density at radius 3 is 3.05 bits per heavy atom. The van der Waals surface area contributed by atoms with Gasteiger partial charge in [-0.3, -0.25) is 4.79 Å². The minimum absolute atomic E-state index is 0.0894. The van der Waals surface area contributed by atoms with E-state index in [0.29, 0.717) is 18.2 Å². The minimum Gasteiger partial charge on any atom is -0.477 e. The molecule has 0 radical (unpaired) electrons. The van der Waals surface area contributed by atoms with Gasteiger partial charge in [0.2, 0.25) is 11.8 Å². The molecule has 1 amide bonds. The van der Waals surface area contributed by atoms with Crippen LogP contribution in [0.2, 0.25) is 0 Å². The van der Waals surface area contributed by atoms with Crippen molar-refractivity contribution >= 4 is 11.9 Å².